The minimum atomic E-state index is 0.0176. The number of hydrogen-bond acceptors (Lipinski definition) is 4. The molecule has 0 aromatic carbocycles. The Balaban J connectivity index is 1.77. The molecule has 5 nitrogen and oxygen atoms in total. The third-order valence-electron chi connectivity index (χ3n) is 3.68. The molecule has 0 atom stereocenters. The minimum absolute atomic E-state index is 0.0176. The van der Waals surface area contributed by atoms with Gasteiger partial charge in [0.25, 0.3) is 5.91 Å². The molecule has 0 unspecified atom stereocenters. The Bertz CT molecular complexity index is 462. The molecule has 1 aromatic heterocycles. The van der Waals surface area contributed by atoms with Crippen LogP contribution in [0.15, 0.2) is 18.5 Å². The molecule has 0 N–H and O–H groups in total. The van der Waals surface area contributed by atoms with E-state index in [9.17, 15) is 4.79 Å². The maximum absolute atomic E-state index is 12.4. The smallest absolute Gasteiger partial charge is 0.255 e. The summed E-state index contributed by atoms with van der Waals surface area (Å²) in [6.07, 6.45) is 5.34. The summed E-state index contributed by atoms with van der Waals surface area (Å²) in [5.74, 6) is 0.0176. The van der Waals surface area contributed by atoms with Gasteiger partial charge in [-0.15, -0.1) is 0 Å². The van der Waals surface area contributed by atoms with Crippen LogP contribution in [0.4, 0.5) is 0 Å². The van der Waals surface area contributed by atoms with E-state index in [1.54, 1.807) is 19.4 Å². The summed E-state index contributed by atoms with van der Waals surface area (Å²) in [6.45, 7) is 5.26. The zero-order valence-corrected chi connectivity index (χ0v) is 13.2. The maximum Gasteiger partial charge on any atom is 0.255 e. The van der Waals surface area contributed by atoms with Gasteiger partial charge >= 0.3 is 0 Å². The third-order valence-corrected chi connectivity index (χ3v) is 3.89. The van der Waals surface area contributed by atoms with Crippen molar-refractivity contribution in [1.82, 2.24) is 14.8 Å². The molecule has 0 spiro atoms. The topological polar surface area (TPSA) is 45.7 Å². The Labute approximate surface area is 130 Å². The Morgan fingerprint density at radius 2 is 2.05 bits per heavy atom. The summed E-state index contributed by atoms with van der Waals surface area (Å²) in [4.78, 5) is 20.6. The number of amides is 1. The van der Waals surface area contributed by atoms with Gasteiger partial charge in [0, 0.05) is 52.3 Å². The van der Waals surface area contributed by atoms with Gasteiger partial charge in [-0.3, -0.25) is 14.7 Å². The van der Waals surface area contributed by atoms with Crippen molar-refractivity contribution in [3.8, 4) is 0 Å². The molecule has 1 fully saturated rings. The van der Waals surface area contributed by atoms with Crippen molar-refractivity contribution in [2.24, 2.45) is 0 Å². The lowest BCUT2D eigenvalue weighted by molar-refractivity contribution is 0.0632. The molecule has 0 saturated carbocycles. The molecular formula is C15H22ClN3O2. The van der Waals surface area contributed by atoms with Crippen molar-refractivity contribution >= 4 is 17.5 Å². The molecule has 1 amide bonds. The number of hydrogen-bond donors (Lipinski definition) is 0. The van der Waals surface area contributed by atoms with Crippen LogP contribution in [0.5, 0.6) is 0 Å². The van der Waals surface area contributed by atoms with Crippen molar-refractivity contribution in [2.45, 2.75) is 12.8 Å². The van der Waals surface area contributed by atoms with E-state index in [4.69, 9.17) is 16.3 Å². The number of piperazine rings is 1. The fourth-order valence-electron chi connectivity index (χ4n) is 2.47. The van der Waals surface area contributed by atoms with Crippen LogP contribution < -0.4 is 0 Å². The summed E-state index contributed by atoms with van der Waals surface area (Å²) in [7, 11) is 1.73. The van der Waals surface area contributed by atoms with Crippen molar-refractivity contribution in [1.29, 1.82) is 0 Å². The first kappa shape index (κ1) is 16.2. The van der Waals surface area contributed by atoms with E-state index in [0.29, 0.717) is 10.6 Å². The zero-order chi connectivity index (χ0) is 15.1. The molecule has 2 rings (SSSR count). The molecule has 116 valence electrons. The Morgan fingerprint density at radius 1 is 1.29 bits per heavy atom. The first-order valence-corrected chi connectivity index (χ1v) is 7.69. The predicted molar refractivity (Wildman–Crippen MR) is 82.7 cm³/mol. The summed E-state index contributed by atoms with van der Waals surface area (Å²) in [5.41, 5.74) is 0.566. The van der Waals surface area contributed by atoms with E-state index in [2.05, 4.69) is 9.88 Å². The molecule has 1 aliphatic heterocycles. The monoisotopic (exact) mass is 311 g/mol. The average molecular weight is 312 g/mol. The van der Waals surface area contributed by atoms with E-state index in [-0.39, 0.29) is 5.91 Å². The fourth-order valence-corrected chi connectivity index (χ4v) is 2.64. The number of aromatic nitrogens is 1. The molecule has 0 radical (unpaired) electrons. The standard InChI is InChI=1S/C15H22ClN3O2/c1-21-9-3-2-4-18-5-7-19(8-6-18)15(20)13-10-14(16)12-17-11-13/h10-12H,2-9H2,1H3. The SMILES string of the molecule is COCCCCN1CCN(C(=O)c2cncc(Cl)c2)CC1. The number of carbonyl (C=O) groups excluding carboxylic acids is 1. The van der Waals surface area contributed by atoms with E-state index in [1.807, 2.05) is 4.90 Å². The van der Waals surface area contributed by atoms with Crippen LogP contribution in [0.3, 0.4) is 0 Å². The number of nitrogens with zero attached hydrogens (tertiary/aromatic N) is 3. The average Bonchev–Trinajstić information content (AvgIpc) is 2.51. The second-order valence-corrected chi connectivity index (χ2v) is 5.66. The maximum atomic E-state index is 12.4. The van der Waals surface area contributed by atoms with Crippen molar-refractivity contribution in [2.75, 3.05) is 46.4 Å². The van der Waals surface area contributed by atoms with E-state index < -0.39 is 0 Å². The van der Waals surface area contributed by atoms with Gasteiger partial charge in [-0.1, -0.05) is 11.6 Å². The number of pyridine rings is 1. The lowest BCUT2D eigenvalue weighted by Gasteiger charge is -2.34. The summed E-state index contributed by atoms with van der Waals surface area (Å²) < 4.78 is 5.05. The van der Waals surface area contributed by atoms with Crippen LogP contribution >= 0.6 is 11.6 Å². The van der Waals surface area contributed by atoms with Gasteiger partial charge in [0.15, 0.2) is 0 Å². The third kappa shape index (κ3) is 4.95. The largest absolute Gasteiger partial charge is 0.385 e. The van der Waals surface area contributed by atoms with E-state index >= 15 is 0 Å². The lowest BCUT2D eigenvalue weighted by atomic mass is 10.2. The molecule has 21 heavy (non-hydrogen) atoms. The molecule has 0 aliphatic carbocycles. The second-order valence-electron chi connectivity index (χ2n) is 5.23. The van der Waals surface area contributed by atoms with Crippen LogP contribution in [-0.2, 0) is 4.74 Å². The zero-order valence-electron chi connectivity index (χ0n) is 12.4. The second kappa shape index (κ2) is 8.32. The highest BCUT2D eigenvalue weighted by Crippen LogP contribution is 2.13. The van der Waals surface area contributed by atoms with Crippen LogP contribution in [0, 0.1) is 0 Å². The van der Waals surface area contributed by atoms with Crippen LogP contribution in [-0.4, -0.2) is 67.1 Å². The molecule has 0 bridgehead atoms. The Morgan fingerprint density at radius 3 is 2.71 bits per heavy atom. The van der Waals surface area contributed by atoms with Gasteiger partial charge in [0.1, 0.15) is 0 Å². The number of unbranched alkanes of at least 4 members (excludes halogenated alkanes) is 1. The molecular weight excluding hydrogens is 290 g/mol. The number of methoxy groups -OCH3 is 1. The first-order valence-electron chi connectivity index (χ1n) is 7.32. The highest BCUT2D eigenvalue weighted by atomic mass is 35.5. The van der Waals surface area contributed by atoms with Gasteiger partial charge < -0.3 is 9.64 Å². The fraction of sp³-hybridized carbons (Fsp3) is 0.600. The van der Waals surface area contributed by atoms with Gasteiger partial charge in [0.05, 0.1) is 10.6 Å². The highest BCUT2D eigenvalue weighted by Gasteiger charge is 2.22. The van der Waals surface area contributed by atoms with E-state index in [1.165, 1.54) is 6.20 Å². The highest BCUT2D eigenvalue weighted by molar-refractivity contribution is 6.30. The normalized spacial score (nSPS) is 16.2. The Kier molecular flexibility index (Phi) is 6.42. The van der Waals surface area contributed by atoms with Crippen molar-refractivity contribution in [3.05, 3.63) is 29.0 Å². The minimum Gasteiger partial charge on any atom is -0.385 e. The van der Waals surface area contributed by atoms with Crippen LogP contribution in [0.25, 0.3) is 0 Å². The van der Waals surface area contributed by atoms with Gasteiger partial charge in [-0.05, 0) is 25.5 Å². The number of halogens is 1. The Hall–Kier alpha value is -1.17. The van der Waals surface area contributed by atoms with Gasteiger partial charge in [-0.2, -0.15) is 0 Å². The first-order chi connectivity index (χ1) is 10.2. The lowest BCUT2D eigenvalue weighted by Crippen LogP contribution is -2.48. The van der Waals surface area contributed by atoms with E-state index in [0.717, 1.165) is 52.2 Å². The molecule has 1 aliphatic rings. The molecule has 1 aromatic rings. The van der Waals surface area contributed by atoms with Crippen LogP contribution in [0.2, 0.25) is 5.02 Å². The predicted octanol–water partition coefficient (Wildman–Crippen LogP) is 1.92. The number of ether oxygens (including phenoxy) is 1. The number of carbonyl (C=O) groups is 1. The molecule has 6 heteroatoms. The summed E-state index contributed by atoms with van der Waals surface area (Å²) >= 11 is 5.88. The van der Waals surface area contributed by atoms with Crippen molar-refractivity contribution in [3.63, 3.8) is 0 Å². The van der Waals surface area contributed by atoms with Crippen LogP contribution in [0.1, 0.15) is 23.2 Å². The summed E-state index contributed by atoms with van der Waals surface area (Å²) in [5, 5.41) is 0.498. The molecule has 2 heterocycles. The van der Waals surface area contributed by atoms with Gasteiger partial charge in [-0.25, -0.2) is 0 Å². The quantitative estimate of drug-likeness (QED) is 0.753. The van der Waals surface area contributed by atoms with Crippen molar-refractivity contribution < 1.29 is 9.53 Å². The molecule has 1 saturated heterocycles. The number of rotatable bonds is 6. The summed E-state index contributed by atoms with van der Waals surface area (Å²) in [6, 6.07) is 1.67. The van der Waals surface area contributed by atoms with Gasteiger partial charge in [0.2, 0.25) is 0 Å².